The van der Waals surface area contributed by atoms with Crippen molar-refractivity contribution >= 4 is 31.9 Å². The van der Waals surface area contributed by atoms with E-state index in [2.05, 4.69) is 54.1 Å². The molecule has 2 aromatic heterocycles. The summed E-state index contributed by atoms with van der Waals surface area (Å²) in [5.41, 5.74) is 1.30. The third kappa shape index (κ3) is 3.62. The average molecular weight is 403 g/mol. The molecule has 20 heavy (non-hydrogen) atoms. The lowest BCUT2D eigenvalue weighted by Gasteiger charge is -2.20. The predicted octanol–water partition coefficient (Wildman–Crippen LogP) is 4.23. The molecule has 0 fully saturated rings. The van der Waals surface area contributed by atoms with Gasteiger partial charge >= 0.3 is 0 Å². The average Bonchev–Trinajstić information content (AvgIpc) is 2.42. The number of halogens is 3. The summed E-state index contributed by atoms with van der Waals surface area (Å²) in [5.74, 6) is -0.335. The minimum Gasteiger partial charge on any atom is -0.305 e. The molecule has 0 aliphatic heterocycles. The Balaban J connectivity index is 2.44. The molecule has 0 amide bonds. The van der Waals surface area contributed by atoms with E-state index in [4.69, 9.17) is 0 Å². The highest BCUT2D eigenvalue weighted by Gasteiger charge is 2.21. The van der Waals surface area contributed by atoms with Crippen molar-refractivity contribution < 1.29 is 4.39 Å². The van der Waals surface area contributed by atoms with E-state index in [1.807, 2.05) is 6.07 Å². The third-order valence-electron chi connectivity index (χ3n) is 2.82. The summed E-state index contributed by atoms with van der Waals surface area (Å²) in [6.45, 7) is 2.84. The zero-order valence-electron chi connectivity index (χ0n) is 10.9. The lowest BCUT2D eigenvalue weighted by Crippen LogP contribution is -2.25. The minimum atomic E-state index is -0.335. The van der Waals surface area contributed by atoms with Crippen LogP contribution in [0, 0.1) is 5.82 Å². The molecular weight excluding hydrogens is 389 g/mol. The van der Waals surface area contributed by atoms with Gasteiger partial charge in [0.25, 0.3) is 0 Å². The molecule has 0 spiro atoms. The van der Waals surface area contributed by atoms with Gasteiger partial charge in [-0.25, -0.2) is 4.39 Å². The predicted molar refractivity (Wildman–Crippen MR) is 84.0 cm³/mol. The number of aromatic nitrogens is 2. The summed E-state index contributed by atoms with van der Waals surface area (Å²) in [6.07, 6.45) is 5.48. The number of pyridine rings is 2. The summed E-state index contributed by atoms with van der Waals surface area (Å²) in [6, 6.07) is 3.28. The van der Waals surface area contributed by atoms with Crippen molar-refractivity contribution in [1.29, 1.82) is 0 Å². The van der Waals surface area contributed by atoms with Crippen LogP contribution in [0.4, 0.5) is 4.39 Å². The number of hydrogen-bond acceptors (Lipinski definition) is 3. The van der Waals surface area contributed by atoms with Crippen LogP contribution >= 0.6 is 31.9 Å². The molecule has 0 saturated carbocycles. The SMILES string of the molecule is CCCNC(c1ccncc1F)c1ncc(Br)cc1Br. The highest BCUT2D eigenvalue weighted by atomic mass is 79.9. The van der Waals surface area contributed by atoms with Crippen LogP contribution < -0.4 is 5.32 Å². The van der Waals surface area contributed by atoms with Gasteiger partial charge in [-0.3, -0.25) is 9.97 Å². The largest absolute Gasteiger partial charge is 0.305 e. The fourth-order valence-corrected chi connectivity index (χ4v) is 3.12. The second kappa shape index (κ2) is 7.24. The van der Waals surface area contributed by atoms with E-state index in [0.717, 1.165) is 27.6 Å². The van der Waals surface area contributed by atoms with Gasteiger partial charge < -0.3 is 5.32 Å². The van der Waals surface area contributed by atoms with Crippen LogP contribution in [0.5, 0.6) is 0 Å². The van der Waals surface area contributed by atoms with Gasteiger partial charge in [0.05, 0.1) is 17.9 Å². The number of nitrogens with zero attached hydrogens (tertiary/aromatic N) is 2. The van der Waals surface area contributed by atoms with Crippen LogP contribution in [0.2, 0.25) is 0 Å². The number of hydrogen-bond donors (Lipinski definition) is 1. The lowest BCUT2D eigenvalue weighted by atomic mass is 10.0. The molecule has 0 bridgehead atoms. The van der Waals surface area contributed by atoms with Crippen molar-refractivity contribution in [1.82, 2.24) is 15.3 Å². The molecule has 0 radical (unpaired) electrons. The van der Waals surface area contributed by atoms with E-state index in [1.165, 1.54) is 6.20 Å². The first-order valence-electron chi connectivity index (χ1n) is 6.27. The molecule has 1 N–H and O–H groups in total. The molecule has 0 aliphatic carbocycles. The maximum atomic E-state index is 14.0. The third-order valence-corrected chi connectivity index (χ3v) is 3.89. The van der Waals surface area contributed by atoms with Gasteiger partial charge in [-0.2, -0.15) is 0 Å². The molecule has 0 aliphatic rings. The zero-order valence-corrected chi connectivity index (χ0v) is 14.1. The van der Waals surface area contributed by atoms with E-state index in [1.54, 1.807) is 18.5 Å². The van der Waals surface area contributed by atoms with E-state index in [-0.39, 0.29) is 11.9 Å². The number of rotatable bonds is 5. The van der Waals surface area contributed by atoms with Crippen LogP contribution in [-0.2, 0) is 0 Å². The first-order valence-corrected chi connectivity index (χ1v) is 7.85. The summed E-state index contributed by atoms with van der Waals surface area (Å²) in [7, 11) is 0. The Morgan fingerprint density at radius 2 is 2.15 bits per heavy atom. The van der Waals surface area contributed by atoms with Gasteiger partial charge in [0.1, 0.15) is 5.82 Å². The molecule has 1 unspecified atom stereocenters. The molecule has 3 nitrogen and oxygen atoms in total. The number of nitrogens with one attached hydrogen (secondary N) is 1. The maximum Gasteiger partial charge on any atom is 0.146 e. The van der Waals surface area contributed by atoms with Crippen molar-refractivity contribution in [3.63, 3.8) is 0 Å². The minimum absolute atomic E-state index is 0.305. The van der Waals surface area contributed by atoms with Gasteiger partial charge in [0.15, 0.2) is 0 Å². The molecular formula is C14H14Br2FN3. The monoisotopic (exact) mass is 401 g/mol. The zero-order chi connectivity index (χ0) is 14.5. The molecule has 2 heterocycles. The Labute approximate surface area is 134 Å². The molecule has 0 saturated heterocycles. The van der Waals surface area contributed by atoms with Crippen LogP contribution in [-0.4, -0.2) is 16.5 Å². The molecule has 0 aromatic carbocycles. The molecule has 2 aromatic rings. The molecule has 2 rings (SSSR count). The van der Waals surface area contributed by atoms with Gasteiger partial charge in [-0.1, -0.05) is 6.92 Å². The summed E-state index contributed by atoms with van der Waals surface area (Å²) in [5, 5.41) is 3.33. The summed E-state index contributed by atoms with van der Waals surface area (Å²) < 4.78 is 15.7. The fourth-order valence-electron chi connectivity index (χ4n) is 1.90. The Bertz CT molecular complexity index is 592. The lowest BCUT2D eigenvalue weighted by molar-refractivity contribution is 0.534. The Morgan fingerprint density at radius 3 is 2.80 bits per heavy atom. The standard InChI is InChI=1S/C14H14Br2FN3/c1-2-4-19-13(10-3-5-18-8-12(10)17)14-11(16)6-9(15)7-20-14/h3,5-8,13,19H,2,4H2,1H3. The molecule has 106 valence electrons. The first-order chi connectivity index (χ1) is 9.63. The van der Waals surface area contributed by atoms with E-state index < -0.39 is 0 Å². The van der Waals surface area contributed by atoms with Gasteiger partial charge in [0, 0.05) is 26.9 Å². The summed E-state index contributed by atoms with van der Waals surface area (Å²) >= 11 is 6.86. The van der Waals surface area contributed by atoms with E-state index >= 15 is 0 Å². The Morgan fingerprint density at radius 1 is 1.35 bits per heavy atom. The fraction of sp³-hybridized carbons (Fsp3) is 0.286. The van der Waals surface area contributed by atoms with Crippen molar-refractivity contribution in [2.75, 3.05) is 6.54 Å². The Hall–Kier alpha value is -0.850. The highest BCUT2D eigenvalue weighted by Crippen LogP contribution is 2.29. The highest BCUT2D eigenvalue weighted by molar-refractivity contribution is 9.11. The van der Waals surface area contributed by atoms with Crippen molar-refractivity contribution in [2.45, 2.75) is 19.4 Å². The van der Waals surface area contributed by atoms with Crippen molar-refractivity contribution in [3.8, 4) is 0 Å². The van der Waals surface area contributed by atoms with Crippen LogP contribution in [0.15, 0.2) is 39.7 Å². The van der Waals surface area contributed by atoms with Crippen LogP contribution in [0.25, 0.3) is 0 Å². The first kappa shape index (κ1) is 15.5. The van der Waals surface area contributed by atoms with Gasteiger partial charge in [-0.15, -0.1) is 0 Å². The van der Waals surface area contributed by atoms with Gasteiger partial charge in [-0.05, 0) is 57.0 Å². The van der Waals surface area contributed by atoms with Crippen molar-refractivity contribution in [3.05, 3.63) is 56.7 Å². The van der Waals surface area contributed by atoms with Crippen LogP contribution in [0.1, 0.15) is 30.6 Å². The smallest absolute Gasteiger partial charge is 0.146 e. The van der Waals surface area contributed by atoms with Gasteiger partial charge in [0.2, 0.25) is 0 Å². The normalized spacial score (nSPS) is 12.4. The molecule has 1 atom stereocenters. The topological polar surface area (TPSA) is 37.8 Å². The van der Waals surface area contributed by atoms with Crippen molar-refractivity contribution in [2.24, 2.45) is 0 Å². The van der Waals surface area contributed by atoms with Crippen LogP contribution in [0.3, 0.4) is 0 Å². The molecule has 6 heteroatoms. The maximum absolute atomic E-state index is 14.0. The quantitative estimate of drug-likeness (QED) is 0.813. The van der Waals surface area contributed by atoms with E-state index in [9.17, 15) is 4.39 Å². The second-order valence-electron chi connectivity index (χ2n) is 4.30. The van der Waals surface area contributed by atoms with E-state index in [0.29, 0.717) is 5.56 Å². The summed E-state index contributed by atoms with van der Waals surface area (Å²) in [4.78, 5) is 8.20. The Kier molecular flexibility index (Phi) is 5.63. The second-order valence-corrected chi connectivity index (χ2v) is 6.07.